The first kappa shape index (κ1) is 18.0. The molecule has 0 aromatic heterocycles. The van der Waals surface area contributed by atoms with Gasteiger partial charge in [-0.05, 0) is 32.5 Å². The number of carbonyl (C=O) groups excluding carboxylic acids is 1. The van der Waals surface area contributed by atoms with Crippen molar-refractivity contribution in [3.8, 4) is 0 Å². The van der Waals surface area contributed by atoms with E-state index in [2.05, 4.69) is 40.4 Å². The van der Waals surface area contributed by atoms with Crippen molar-refractivity contribution in [2.75, 3.05) is 51.3 Å². The zero-order valence-electron chi connectivity index (χ0n) is 15.6. The van der Waals surface area contributed by atoms with E-state index in [1.165, 1.54) is 11.3 Å². The molecule has 0 spiro atoms. The number of hydrogen-bond donors (Lipinski definition) is 1. The standard InChI is InChI=1S/C19H30N4O2/c1-15-16(2)25-13-12-23(15)19(24)20-14-17-6-4-5-7-18(17)22-10-8-21(3)9-11-22/h4-7,15-16H,8-14H2,1-3H3,(H,20,24)/t15-,16+/m0/s1. The first-order valence-corrected chi connectivity index (χ1v) is 9.23. The van der Waals surface area contributed by atoms with Gasteiger partial charge in [0.15, 0.2) is 0 Å². The van der Waals surface area contributed by atoms with E-state index < -0.39 is 0 Å². The van der Waals surface area contributed by atoms with E-state index in [-0.39, 0.29) is 18.2 Å². The number of para-hydroxylation sites is 1. The Hall–Kier alpha value is -1.79. The molecule has 6 heteroatoms. The summed E-state index contributed by atoms with van der Waals surface area (Å²) in [6, 6.07) is 8.48. The van der Waals surface area contributed by atoms with Crippen molar-refractivity contribution in [1.82, 2.24) is 15.1 Å². The van der Waals surface area contributed by atoms with E-state index in [1.807, 2.05) is 24.8 Å². The third-order valence-corrected chi connectivity index (χ3v) is 5.41. The molecule has 2 fully saturated rings. The number of ether oxygens (including phenoxy) is 1. The second-order valence-electron chi connectivity index (χ2n) is 7.09. The van der Waals surface area contributed by atoms with Crippen molar-refractivity contribution < 1.29 is 9.53 Å². The van der Waals surface area contributed by atoms with Crippen LogP contribution in [0, 0.1) is 0 Å². The number of morpholine rings is 1. The number of urea groups is 1. The number of anilines is 1. The molecule has 0 bridgehead atoms. The molecule has 0 radical (unpaired) electrons. The molecular weight excluding hydrogens is 316 g/mol. The summed E-state index contributed by atoms with van der Waals surface area (Å²) in [7, 11) is 2.16. The lowest BCUT2D eigenvalue weighted by Crippen LogP contribution is -2.54. The van der Waals surface area contributed by atoms with Gasteiger partial charge in [-0.3, -0.25) is 0 Å². The zero-order valence-corrected chi connectivity index (χ0v) is 15.6. The van der Waals surface area contributed by atoms with Crippen molar-refractivity contribution in [1.29, 1.82) is 0 Å². The van der Waals surface area contributed by atoms with Crippen LogP contribution in [0.15, 0.2) is 24.3 Å². The average Bonchev–Trinajstić information content (AvgIpc) is 2.63. The van der Waals surface area contributed by atoms with Gasteiger partial charge < -0.3 is 24.8 Å². The number of rotatable bonds is 3. The Morgan fingerprint density at radius 2 is 1.88 bits per heavy atom. The van der Waals surface area contributed by atoms with Crippen LogP contribution in [0.1, 0.15) is 19.4 Å². The van der Waals surface area contributed by atoms with Gasteiger partial charge in [0, 0.05) is 45.0 Å². The highest BCUT2D eigenvalue weighted by atomic mass is 16.5. The maximum Gasteiger partial charge on any atom is 0.318 e. The molecule has 1 N–H and O–H groups in total. The number of benzene rings is 1. The maximum atomic E-state index is 12.6. The molecule has 25 heavy (non-hydrogen) atoms. The van der Waals surface area contributed by atoms with Crippen molar-refractivity contribution in [2.45, 2.75) is 32.5 Å². The van der Waals surface area contributed by atoms with Crippen LogP contribution in [-0.4, -0.2) is 74.4 Å². The number of piperazine rings is 1. The van der Waals surface area contributed by atoms with E-state index in [4.69, 9.17) is 4.74 Å². The summed E-state index contributed by atoms with van der Waals surface area (Å²) in [6.45, 7) is 10.1. The highest BCUT2D eigenvalue weighted by Gasteiger charge is 2.29. The quantitative estimate of drug-likeness (QED) is 0.906. The lowest BCUT2D eigenvalue weighted by atomic mass is 10.1. The summed E-state index contributed by atoms with van der Waals surface area (Å²) in [6.07, 6.45) is 0.0807. The van der Waals surface area contributed by atoms with Crippen LogP contribution in [0.25, 0.3) is 0 Å². The molecule has 6 nitrogen and oxygen atoms in total. The number of carbonyl (C=O) groups is 1. The molecule has 2 amide bonds. The fourth-order valence-electron chi connectivity index (χ4n) is 3.51. The minimum atomic E-state index is -0.00386. The van der Waals surface area contributed by atoms with Gasteiger partial charge in [0.2, 0.25) is 0 Å². The molecule has 0 unspecified atom stereocenters. The maximum absolute atomic E-state index is 12.6. The Morgan fingerprint density at radius 1 is 1.16 bits per heavy atom. The van der Waals surface area contributed by atoms with E-state index in [9.17, 15) is 4.79 Å². The first-order valence-electron chi connectivity index (χ1n) is 9.23. The second-order valence-corrected chi connectivity index (χ2v) is 7.09. The molecule has 0 aliphatic carbocycles. The molecule has 0 saturated carbocycles. The highest BCUT2D eigenvalue weighted by Crippen LogP contribution is 2.22. The molecule has 2 heterocycles. The molecule has 1 aromatic carbocycles. The second kappa shape index (κ2) is 8.06. The highest BCUT2D eigenvalue weighted by molar-refractivity contribution is 5.75. The number of likely N-dealkylation sites (N-methyl/N-ethyl adjacent to an activating group) is 1. The lowest BCUT2D eigenvalue weighted by molar-refractivity contribution is -0.0376. The predicted molar refractivity (Wildman–Crippen MR) is 100.0 cm³/mol. The van der Waals surface area contributed by atoms with E-state index in [0.29, 0.717) is 19.7 Å². The first-order chi connectivity index (χ1) is 12.1. The van der Waals surface area contributed by atoms with Crippen molar-refractivity contribution in [2.24, 2.45) is 0 Å². The van der Waals surface area contributed by atoms with Gasteiger partial charge in [-0.25, -0.2) is 4.79 Å². The molecule has 138 valence electrons. The molecule has 1 aromatic rings. The number of hydrogen-bond acceptors (Lipinski definition) is 4. The Kier molecular flexibility index (Phi) is 5.81. The van der Waals surface area contributed by atoms with Gasteiger partial charge in [0.25, 0.3) is 0 Å². The van der Waals surface area contributed by atoms with Crippen molar-refractivity contribution >= 4 is 11.7 Å². The Morgan fingerprint density at radius 3 is 2.64 bits per heavy atom. The Labute approximate surface area is 150 Å². The number of amides is 2. The minimum Gasteiger partial charge on any atom is -0.375 e. The molecule has 3 rings (SSSR count). The zero-order chi connectivity index (χ0) is 17.8. The van der Waals surface area contributed by atoms with Crippen LogP contribution in [0.4, 0.5) is 10.5 Å². The van der Waals surface area contributed by atoms with Crippen LogP contribution in [-0.2, 0) is 11.3 Å². The van der Waals surface area contributed by atoms with Crippen LogP contribution >= 0.6 is 0 Å². The monoisotopic (exact) mass is 346 g/mol. The van der Waals surface area contributed by atoms with Gasteiger partial charge in [0.05, 0.1) is 18.8 Å². The molecule has 2 atom stereocenters. The topological polar surface area (TPSA) is 48.1 Å². The fraction of sp³-hybridized carbons (Fsp3) is 0.632. The summed E-state index contributed by atoms with van der Waals surface area (Å²) in [5.74, 6) is 0. The average molecular weight is 346 g/mol. The third kappa shape index (κ3) is 4.25. The van der Waals surface area contributed by atoms with Crippen LogP contribution < -0.4 is 10.2 Å². The Balaban J connectivity index is 1.62. The van der Waals surface area contributed by atoms with E-state index >= 15 is 0 Å². The number of nitrogens with zero attached hydrogens (tertiary/aromatic N) is 3. The molecule has 2 aliphatic heterocycles. The summed E-state index contributed by atoms with van der Waals surface area (Å²) < 4.78 is 5.61. The molecular formula is C19H30N4O2. The van der Waals surface area contributed by atoms with Crippen LogP contribution in [0.3, 0.4) is 0 Å². The van der Waals surface area contributed by atoms with Crippen LogP contribution in [0.5, 0.6) is 0 Å². The SMILES string of the molecule is C[C@H]1OCCN(C(=O)NCc2ccccc2N2CCN(C)CC2)[C@H]1C. The van der Waals surface area contributed by atoms with Gasteiger partial charge in [-0.15, -0.1) is 0 Å². The summed E-state index contributed by atoms with van der Waals surface area (Å²) >= 11 is 0. The van der Waals surface area contributed by atoms with Gasteiger partial charge in [-0.1, -0.05) is 18.2 Å². The summed E-state index contributed by atoms with van der Waals surface area (Å²) in [4.78, 5) is 19.2. The Bertz CT molecular complexity index is 587. The summed E-state index contributed by atoms with van der Waals surface area (Å²) in [5.41, 5.74) is 2.41. The molecule has 2 saturated heterocycles. The lowest BCUT2D eigenvalue weighted by Gasteiger charge is -2.38. The van der Waals surface area contributed by atoms with Gasteiger partial charge >= 0.3 is 6.03 Å². The molecule has 2 aliphatic rings. The fourth-order valence-corrected chi connectivity index (χ4v) is 3.51. The smallest absolute Gasteiger partial charge is 0.318 e. The summed E-state index contributed by atoms with van der Waals surface area (Å²) in [5, 5.41) is 3.10. The normalized spacial score (nSPS) is 25.1. The minimum absolute atomic E-state index is 0.00386. The predicted octanol–water partition coefficient (Wildman–Crippen LogP) is 1.76. The van der Waals surface area contributed by atoms with E-state index in [1.54, 1.807) is 0 Å². The van der Waals surface area contributed by atoms with Gasteiger partial charge in [-0.2, -0.15) is 0 Å². The van der Waals surface area contributed by atoms with Crippen molar-refractivity contribution in [3.05, 3.63) is 29.8 Å². The van der Waals surface area contributed by atoms with E-state index in [0.717, 1.165) is 26.2 Å². The largest absolute Gasteiger partial charge is 0.375 e. The third-order valence-electron chi connectivity index (χ3n) is 5.41. The number of nitrogens with one attached hydrogen (secondary N) is 1. The van der Waals surface area contributed by atoms with Crippen molar-refractivity contribution in [3.63, 3.8) is 0 Å². The van der Waals surface area contributed by atoms with Gasteiger partial charge in [0.1, 0.15) is 0 Å². The van der Waals surface area contributed by atoms with Crippen LogP contribution in [0.2, 0.25) is 0 Å².